The van der Waals surface area contributed by atoms with Gasteiger partial charge in [0, 0.05) is 0 Å². The van der Waals surface area contributed by atoms with Crippen LogP contribution < -0.4 is 0 Å². The van der Waals surface area contributed by atoms with E-state index in [2.05, 4.69) is 8.49 Å². The molecular formula is C4H11O7PS. The molecule has 0 saturated heterocycles. The molecule has 0 aliphatic carbocycles. The summed E-state index contributed by atoms with van der Waals surface area (Å²) in [6.07, 6.45) is 1.20. The first-order chi connectivity index (χ1) is 5.77. The van der Waals surface area contributed by atoms with Crippen LogP contribution >= 0.6 is 7.82 Å². The van der Waals surface area contributed by atoms with Crippen molar-refractivity contribution in [3.8, 4) is 0 Å². The monoisotopic (exact) mass is 234 g/mol. The highest BCUT2D eigenvalue weighted by atomic mass is 32.3. The first-order valence-corrected chi connectivity index (χ1v) is 6.29. The van der Waals surface area contributed by atoms with E-state index in [4.69, 9.17) is 9.45 Å². The molecular weight excluding hydrogens is 223 g/mol. The molecule has 0 bridgehead atoms. The van der Waals surface area contributed by atoms with Gasteiger partial charge in [-0.05, 0) is 6.42 Å². The van der Waals surface area contributed by atoms with E-state index in [1.54, 1.807) is 0 Å². The molecule has 7 nitrogen and oxygen atoms in total. The van der Waals surface area contributed by atoms with Crippen LogP contribution in [-0.2, 0) is 23.5 Å². The van der Waals surface area contributed by atoms with Crippen molar-refractivity contribution in [2.75, 3.05) is 6.61 Å². The van der Waals surface area contributed by atoms with Crippen molar-refractivity contribution in [2.45, 2.75) is 19.8 Å². The third-order valence-corrected chi connectivity index (χ3v) is 2.96. The van der Waals surface area contributed by atoms with Gasteiger partial charge in [-0.25, -0.2) is 4.57 Å². The van der Waals surface area contributed by atoms with Crippen LogP contribution in [0.1, 0.15) is 19.8 Å². The van der Waals surface area contributed by atoms with Gasteiger partial charge in [0.15, 0.2) is 0 Å². The molecule has 0 aromatic heterocycles. The molecule has 0 rings (SSSR count). The number of phosphoric acid groups is 1. The molecule has 0 amide bonds. The molecule has 0 heterocycles. The number of hydrogen-bond acceptors (Lipinski definition) is 5. The molecule has 1 atom stereocenters. The number of unbranched alkanes of at least 4 members (excludes halogenated alkanes) is 1. The van der Waals surface area contributed by atoms with Gasteiger partial charge < -0.3 is 4.89 Å². The minimum Gasteiger partial charge on any atom is -0.302 e. The lowest BCUT2D eigenvalue weighted by Gasteiger charge is -2.08. The number of phosphoric ester groups is 1. The van der Waals surface area contributed by atoms with Crippen molar-refractivity contribution in [2.24, 2.45) is 0 Å². The Labute approximate surface area is 76.2 Å². The fraction of sp³-hybridized carbons (Fsp3) is 1.00. The van der Waals surface area contributed by atoms with E-state index >= 15 is 0 Å². The van der Waals surface area contributed by atoms with Gasteiger partial charge in [-0.2, -0.15) is 8.42 Å². The highest BCUT2D eigenvalue weighted by Gasteiger charge is 2.28. The fourth-order valence-corrected chi connectivity index (χ4v) is 1.95. The van der Waals surface area contributed by atoms with Crippen LogP contribution in [0.25, 0.3) is 0 Å². The largest absolute Gasteiger partial charge is 0.488 e. The van der Waals surface area contributed by atoms with Gasteiger partial charge in [0.05, 0.1) is 6.61 Å². The Morgan fingerprint density at radius 1 is 1.46 bits per heavy atom. The molecule has 2 N–H and O–H groups in total. The summed E-state index contributed by atoms with van der Waals surface area (Å²) in [4.78, 5) is 8.65. The van der Waals surface area contributed by atoms with Gasteiger partial charge in [-0.3, -0.25) is 9.08 Å². The summed E-state index contributed by atoms with van der Waals surface area (Å²) < 4.78 is 46.3. The van der Waals surface area contributed by atoms with Crippen molar-refractivity contribution in [1.29, 1.82) is 0 Å². The molecule has 80 valence electrons. The summed E-state index contributed by atoms with van der Waals surface area (Å²) in [6, 6.07) is 0. The van der Waals surface area contributed by atoms with Crippen LogP contribution in [0.4, 0.5) is 0 Å². The summed E-state index contributed by atoms with van der Waals surface area (Å²) in [5.41, 5.74) is 0. The predicted molar refractivity (Wildman–Crippen MR) is 43.3 cm³/mol. The summed E-state index contributed by atoms with van der Waals surface area (Å²) >= 11 is 0. The Morgan fingerprint density at radius 2 is 2.00 bits per heavy atom. The zero-order valence-electron chi connectivity index (χ0n) is 6.91. The van der Waals surface area contributed by atoms with E-state index < -0.39 is 18.2 Å². The number of rotatable bonds is 6. The van der Waals surface area contributed by atoms with Crippen LogP contribution in [0.2, 0.25) is 0 Å². The maximum absolute atomic E-state index is 10.7. The van der Waals surface area contributed by atoms with Crippen LogP contribution in [0.3, 0.4) is 0 Å². The lowest BCUT2D eigenvalue weighted by atomic mass is 10.4. The molecule has 0 fully saturated rings. The highest BCUT2D eigenvalue weighted by molar-refractivity contribution is 7.85. The molecule has 0 aromatic rings. The summed E-state index contributed by atoms with van der Waals surface area (Å²) in [5, 5.41) is 0. The SMILES string of the molecule is CCCCOP(=O)(O)OS(=O)(=O)O. The molecule has 0 saturated carbocycles. The lowest BCUT2D eigenvalue weighted by molar-refractivity contribution is 0.196. The summed E-state index contributed by atoms with van der Waals surface area (Å²) in [7, 11) is -9.64. The Morgan fingerprint density at radius 3 is 2.38 bits per heavy atom. The zero-order chi connectivity index (χ0) is 10.5. The zero-order valence-corrected chi connectivity index (χ0v) is 8.62. The Hall–Kier alpha value is 0.0200. The molecule has 9 heteroatoms. The minimum absolute atomic E-state index is 0.111. The number of hydrogen-bond donors (Lipinski definition) is 2. The average Bonchev–Trinajstić information content (AvgIpc) is 1.81. The predicted octanol–water partition coefficient (Wildman–Crippen LogP) is 0.723. The van der Waals surface area contributed by atoms with Gasteiger partial charge in [0.25, 0.3) is 0 Å². The molecule has 13 heavy (non-hydrogen) atoms. The van der Waals surface area contributed by atoms with Gasteiger partial charge in [0.1, 0.15) is 0 Å². The Balaban J connectivity index is 4.03. The van der Waals surface area contributed by atoms with Crippen LogP contribution in [0.15, 0.2) is 0 Å². The van der Waals surface area contributed by atoms with E-state index in [0.717, 1.165) is 0 Å². The molecule has 1 unspecified atom stereocenters. The second-order valence-electron chi connectivity index (χ2n) is 2.16. The lowest BCUT2D eigenvalue weighted by Crippen LogP contribution is -2.04. The van der Waals surface area contributed by atoms with E-state index in [1.807, 2.05) is 6.92 Å². The van der Waals surface area contributed by atoms with Crippen molar-refractivity contribution in [1.82, 2.24) is 0 Å². The fourth-order valence-electron chi connectivity index (χ4n) is 0.465. The Bertz CT molecular complexity index is 283. The van der Waals surface area contributed by atoms with Crippen molar-refractivity contribution in [3.05, 3.63) is 0 Å². The normalized spacial score (nSPS) is 16.8. The molecule has 0 radical (unpaired) electrons. The smallest absolute Gasteiger partial charge is 0.302 e. The molecule has 0 aromatic carbocycles. The van der Waals surface area contributed by atoms with Crippen LogP contribution in [0.5, 0.6) is 0 Å². The second kappa shape index (κ2) is 5.04. The first kappa shape index (κ1) is 13.0. The third kappa shape index (κ3) is 8.35. The van der Waals surface area contributed by atoms with Gasteiger partial charge in [0.2, 0.25) is 0 Å². The van der Waals surface area contributed by atoms with Crippen LogP contribution in [-0.4, -0.2) is 24.5 Å². The van der Waals surface area contributed by atoms with E-state index in [-0.39, 0.29) is 6.61 Å². The third-order valence-electron chi connectivity index (χ3n) is 0.941. The van der Waals surface area contributed by atoms with E-state index in [0.29, 0.717) is 12.8 Å². The Kier molecular flexibility index (Phi) is 5.05. The quantitative estimate of drug-likeness (QED) is 0.395. The highest BCUT2D eigenvalue weighted by Crippen LogP contribution is 2.44. The molecule has 0 spiro atoms. The van der Waals surface area contributed by atoms with Crippen molar-refractivity contribution in [3.63, 3.8) is 0 Å². The van der Waals surface area contributed by atoms with Crippen molar-refractivity contribution >= 4 is 18.2 Å². The standard InChI is InChI=1S/C4H11O7PS/c1-2-3-4-10-12(5,6)11-13(7,8)9/h2-4H2,1H3,(H,5,6)(H,7,8,9). The summed E-state index contributed by atoms with van der Waals surface area (Å²) in [5.74, 6) is 0. The maximum atomic E-state index is 10.7. The molecule has 0 aliphatic heterocycles. The van der Waals surface area contributed by atoms with Crippen molar-refractivity contribution < 1.29 is 30.9 Å². The van der Waals surface area contributed by atoms with Gasteiger partial charge >= 0.3 is 18.2 Å². The maximum Gasteiger partial charge on any atom is 0.488 e. The van der Waals surface area contributed by atoms with Gasteiger partial charge in [-0.1, -0.05) is 13.3 Å². The second-order valence-corrected chi connectivity index (χ2v) is 4.80. The minimum atomic E-state index is -4.96. The molecule has 0 aliphatic rings. The average molecular weight is 234 g/mol. The van der Waals surface area contributed by atoms with E-state index in [1.165, 1.54) is 0 Å². The van der Waals surface area contributed by atoms with Crippen LogP contribution in [0, 0.1) is 0 Å². The first-order valence-electron chi connectivity index (χ1n) is 3.43. The summed E-state index contributed by atoms with van der Waals surface area (Å²) in [6.45, 7) is 1.70. The van der Waals surface area contributed by atoms with E-state index in [9.17, 15) is 13.0 Å². The van der Waals surface area contributed by atoms with Gasteiger partial charge in [-0.15, -0.1) is 3.97 Å². The topological polar surface area (TPSA) is 110 Å².